The fraction of sp³-hybridized carbons (Fsp3) is 0.278. The van der Waals surface area contributed by atoms with E-state index in [1.807, 2.05) is 30.0 Å². The number of hydrogen-bond acceptors (Lipinski definition) is 1. The Hall–Kier alpha value is -2.09. The first-order chi connectivity index (χ1) is 9.66. The van der Waals surface area contributed by atoms with Crippen LogP contribution >= 0.6 is 0 Å². The van der Waals surface area contributed by atoms with Crippen LogP contribution in [-0.2, 0) is 13.0 Å². The van der Waals surface area contributed by atoms with Crippen LogP contribution < -0.4 is 0 Å². The van der Waals surface area contributed by atoms with E-state index in [2.05, 4.69) is 31.2 Å². The van der Waals surface area contributed by atoms with Gasteiger partial charge in [-0.15, -0.1) is 0 Å². The zero-order valence-corrected chi connectivity index (χ0v) is 12.0. The number of hydrogen-bond donors (Lipinski definition) is 0. The number of nitrogens with zero attached hydrogens (tertiary/aromatic N) is 1. The van der Waals surface area contributed by atoms with Gasteiger partial charge in [0.2, 0.25) is 0 Å². The van der Waals surface area contributed by atoms with E-state index >= 15 is 0 Å². The van der Waals surface area contributed by atoms with Crippen LogP contribution in [0, 0.1) is 13.8 Å². The molecule has 102 valence electrons. The van der Waals surface area contributed by atoms with Crippen molar-refractivity contribution < 1.29 is 4.79 Å². The van der Waals surface area contributed by atoms with Gasteiger partial charge in [-0.3, -0.25) is 4.79 Å². The molecule has 0 radical (unpaired) electrons. The standard InChI is InChI=1S/C18H19NO/c1-13-6-5-9-17(14(13)2)18(20)19-11-10-15-7-3-4-8-16(15)12-19/h3-9H,10-12H2,1-2H3. The summed E-state index contributed by atoms with van der Waals surface area (Å²) in [4.78, 5) is 14.7. The van der Waals surface area contributed by atoms with Gasteiger partial charge in [0.1, 0.15) is 0 Å². The van der Waals surface area contributed by atoms with Crippen LogP contribution in [0.2, 0.25) is 0 Å². The number of carbonyl (C=O) groups is 1. The van der Waals surface area contributed by atoms with Crippen molar-refractivity contribution in [2.45, 2.75) is 26.8 Å². The van der Waals surface area contributed by atoms with Gasteiger partial charge in [0.25, 0.3) is 5.91 Å². The molecule has 0 N–H and O–H groups in total. The maximum atomic E-state index is 12.7. The number of fused-ring (bicyclic) bond motifs is 1. The molecule has 0 saturated carbocycles. The van der Waals surface area contributed by atoms with Crippen molar-refractivity contribution in [3.05, 3.63) is 70.3 Å². The number of rotatable bonds is 1. The van der Waals surface area contributed by atoms with Gasteiger partial charge in [-0.2, -0.15) is 0 Å². The minimum absolute atomic E-state index is 0.153. The highest BCUT2D eigenvalue weighted by molar-refractivity contribution is 5.96. The van der Waals surface area contributed by atoms with E-state index in [9.17, 15) is 4.79 Å². The third kappa shape index (κ3) is 2.22. The molecule has 2 aromatic carbocycles. The lowest BCUT2D eigenvalue weighted by Gasteiger charge is -2.29. The van der Waals surface area contributed by atoms with Gasteiger partial charge in [0.05, 0.1) is 0 Å². The number of amides is 1. The third-order valence-corrected chi connectivity index (χ3v) is 4.25. The quantitative estimate of drug-likeness (QED) is 0.772. The molecular formula is C18H19NO. The Morgan fingerprint density at radius 3 is 2.55 bits per heavy atom. The van der Waals surface area contributed by atoms with E-state index in [4.69, 9.17) is 0 Å². The zero-order valence-electron chi connectivity index (χ0n) is 12.0. The molecule has 0 bridgehead atoms. The highest BCUT2D eigenvalue weighted by Gasteiger charge is 2.22. The second-order valence-electron chi connectivity index (χ2n) is 5.49. The molecule has 0 unspecified atom stereocenters. The number of carbonyl (C=O) groups excluding carboxylic acids is 1. The summed E-state index contributed by atoms with van der Waals surface area (Å²) in [6.07, 6.45) is 0.951. The molecule has 3 rings (SSSR count). The molecule has 0 fully saturated rings. The van der Waals surface area contributed by atoms with Crippen LogP contribution in [0.15, 0.2) is 42.5 Å². The summed E-state index contributed by atoms with van der Waals surface area (Å²) in [6.45, 7) is 5.61. The van der Waals surface area contributed by atoms with E-state index in [0.717, 1.165) is 30.6 Å². The van der Waals surface area contributed by atoms with Crippen LogP contribution in [0.3, 0.4) is 0 Å². The van der Waals surface area contributed by atoms with Crippen molar-refractivity contribution in [3.8, 4) is 0 Å². The Morgan fingerprint density at radius 1 is 1.00 bits per heavy atom. The predicted octanol–water partition coefficient (Wildman–Crippen LogP) is 3.50. The Morgan fingerprint density at radius 2 is 1.75 bits per heavy atom. The second kappa shape index (κ2) is 5.12. The maximum Gasteiger partial charge on any atom is 0.254 e. The average molecular weight is 265 g/mol. The summed E-state index contributed by atoms with van der Waals surface area (Å²) in [5, 5.41) is 0. The molecule has 1 amide bonds. The lowest BCUT2D eigenvalue weighted by molar-refractivity contribution is 0.0734. The van der Waals surface area contributed by atoms with E-state index in [-0.39, 0.29) is 5.91 Å². The van der Waals surface area contributed by atoms with Crippen LogP contribution in [0.25, 0.3) is 0 Å². The van der Waals surface area contributed by atoms with E-state index < -0.39 is 0 Å². The van der Waals surface area contributed by atoms with E-state index in [1.165, 1.54) is 16.7 Å². The first kappa shape index (κ1) is 12.9. The monoisotopic (exact) mass is 265 g/mol. The first-order valence-corrected chi connectivity index (χ1v) is 7.09. The van der Waals surface area contributed by atoms with Gasteiger partial charge >= 0.3 is 0 Å². The molecule has 2 heteroatoms. The Kier molecular flexibility index (Phi) is 3.31. The molecule has 2 nitrogen and oxygen atoms in total. The molecule has 1 aliphatic rings. The average Bonchev–Trinajstić information content (AvgIpc) is 2.49. The Labute approximate surface area is 120 Å². The third-order valence-electron chi connectivity index (χ3n) is 4.25. The second-order valence-corrected chi connectivity index (χ2v) is 5.49. The molecule has 0 aromatic heterocycles. The first-order valence-electron chi connectivity index (χ1n) is 7.09. The Balaban J connectivity index is 1.88. The van der Waals surface area contributed by atoms with Crippen molar-refractivity contribution in [2.24, 2.45) is 0 Å². The van der Waals surface area contributed by atoms with Crippen molar-refractivity contribution in [2.75, 3.05) is 6.54 Å². The van der Waals surface area contributed by atoms with E-state index in [1.54, 1.807) is 0 Å². The molecule has 0 saturated heterocycles. The molecule has 1 aliphatic heterocycles. The fourth-order valence-corrected chi connectivity index (χ4v) is 2.82. The van der Waals surface area contributed by atoms with E-state index in [0.29, 0.717) is 0 Å². The fourth-order valence-electron chi connectivity index (χ4n) is 2.82. The molecule has 0 spiro atoms. The summed E-state index contributed by atoms with van der Waals surface area (Å²) in [5.41, 5.74) is 5.75. The summed E-state index contributed by atoms with van der Waals surface area (Å²) in [7, 11) is 0. The highest BCUT2D eigenvalue weighted by Crippen LogP contribution is 2.22. The van der Waals surface area contributed by atoms with Crippen molar-refractivity contribution in [1.82, 2.24) is 4.90 Å². The topological polar surface area (TPSA) is 20.3 Å². The van der Waals surface area contributed by atoms with Crippen LogP contribution in [0.1, 0.15) is 32.6 Å². The predicted molar refractivity (Wildman–Crippen MR) is 80.8 cm³/mol. The maximum absolute atomic E-state index is 12.7. The molecule has 0 atom stereocenters. The van der Waals surface area contributed by atoms with Gasteiger partial charge in [0, 0.05) is 18.7 Å². The van der Waals surface area contributed by atoms with Gasteiger partial charge in [-0.1, -0.05) is 36.4 Å². The molecule has 1 heterocycles. The summed E-state index contributed by atoms with van der Waals surface area (Å²) in [5.74, 6) is 0.153. The SMILES string of the molecule is Cc1cccc(C(=O)N2CCc3ccccc3C2)c1C. The van der Waals surface area contributed by atoms with Gasteiger partial charge < -0.3 is 4.90 Å². The Bertz CT molecular complexity index is 660. The normalized spacial score (nSPS) is 14.0. The van der Waals surface area contributed by atoms with Gasteiger partial charge in [-0.25, -0.2) is 0 Å². The minimum Gasteiger partial charge on any atom is -0.334 e. The smallest absolute Gasteiger partial charge is 0.254 e. The van der Waals surface area contributed by atoms with Crippen molar-refractivity contribution in [1.29, 1.82) is 0 Å². The molecule has 20 heavy (non-hydrogen) atoms. The number of benzene rings is 2. The molecule has 0 aliphatic carbocycles. The molecular weight excluding hydrogens is 246 g/mol. The van der Waals surface area contributed by atoms with Gasteiger partial charge in [-0.05, 0) is 48.6 Å². The van der Waals surface area contributed by atoms with Crippen LogP contribution in [0.5, 0.6) is 0 Å². The lowest BCUT2D eigenvalue weighted by atomic mass is 9.97. The van der Waals surface area contributed by atoms with Crippen LogP contribution in [-0.4, -0.2) is 17.4 Å². The summed E-state index contributed by atoms with van der Waals surface area (Å²) < 4.78 is 0. The minimum atomic E-state index is 0.153. The van der Waals surface area contributed by atoms with Crippen molar-refractivity contribution in [3.63, 3.8) is 0 Å². The zero-order chi connectivity index (χ0) is 14.1. The lowest BCUT2D eigenvalue weighted by Crippen LogP contribution is -2.36. The van der Waals surface area contributed by atoms with Crippen molar-refractivity contribution >= 4 is 5.91 Å². The summed E-state index contributed by atoms with van der Waals surface area (Å²) >= 11 is 0. The van der Waals surface area contributed by atoms with Gasteiger partial charge in [0.15, 0.2) is 0 Å². The largest absolute Gasteiger partial charge is 0.334 e. The van der Waals surface area contributed by atoms with Crippen LogP contribution in [0.4, 0.5) is 0 Å². The molecule has 2 aromatic rings. The number of aryl methyl sites for hydroxylation is 1. The highest BCUT2D eigenvalue weighted by atomic mass is 16.2. The summed E-state index contributed by atoms with van der Waals surface area (Å²) in [6, 6.07) is 14.4.